The zero-order valence-electron chi connectivity index (χ0n) is 14.4. The quantitative estimate of drug-likeness (QED) is 0.792. The van der Waals surface area contributed by atoms with Gasteiger partial charge in [-0.3, -0.25) is 0 Å². The summed E-state index contributed by atoms with van der Waals surface area (Å²) in [4.78, 5) is 11.7. The Morgan fingerprint density at radius 1 is 1.19 bits per heavy atom. The highest BCUT2D eigenvalue weighted by atomic mass is 16.6. The maximum atomic E-state index is 11.7. The van der Waals surface area contributed by atoms with Gasteiger partial charge < -0.3 is 20.1 Å². The molecule has 0 saturated heterocycles. The van der Waals surface area contributed by atoms with Crippen LogP contribution in [0.4, 0.5) is 4.79 Å². The third kappa shape index (κ3) is 7.14. The standard InChI is InChI=1S/C16H32N2O3/c1-15(2,3)21-14(19)17-10-12-8-7-9-13(12)18-11-16(4,5)20-6/h12-13,18H,7-11H2,1-6H3,(H,17,19). The number of methoxy groups -OCH3 is 1. The van der Waals surface area contributed by atoms with Gasteiger partial charge >= 0.3 is 6.09 Å². The van der Waals surface area contributed by atoms with Gasteiger partial charge in [-0.1, -0.05) is 6.42 Å². The molecule has 0 aromatic heterocycles. The highest BCUT2D eigenvalue weighted by Crippen LogP contribution is 2.25. The average molecular weight is 300 g/mol. The van der Waals surface area contributed by atoms with E-state index in [1.165, 1.54) is 6.42 Å². The van der Waals surface area contributed by atoms with E-state index in [2.05, 4.69) is 24.5 Å². The zero-order valence-corrected chi connectivity index (χ0v) is 14.4. The molecule has 2 unspecified atom stereocenters. The van der Waals surface area contributed by atoms with Crippen LogP contribution < -0.4 is 10.6 Å². The van der Waals surface area contributed by atoms with Crippen LogP contribution in [0.5, 0.6) is 0 Å². The highest BCUT2D eigenvalue weighted by molar-refractivity contribution is 5.67. The fraction of sp³-hybridized carbons (Fsp3) is 0.938. The Bertz CT molecular complexity index is 337. The van der Waals surface area contributed by atoms with E-state index in [-0.39, 0.29) is 11.7 Å². The largest absolute Gasteiger partial charge is 0.444 e. The molecule has 1 saturated carbocycles. The molecule has 1 amide bonds. The molecule has 0 spiro atoms. The minimum atomic E-state index is -0.445. The van der Waals surface area contributed by atoms with E-state index < -0.39 is 5.60 Å². The number of amides is 1. The van der Waals surface area contributed by atoms with Gasteiger partial charge in [0.2, 0.25) is 0 Å². The number of alkyl carbamates (subject to hydrolysis) is 1. The molecule has 1 fully saturated rings. The van der Waals surface area contributed by atoms with E-state index in [0.717, 1.165) is 19.4 Å². The first-order valence-electron chi connectivity index (χ1n) is 7.88. The van der Waals surface area contributed by atoms with E-state index in [1.807, 2.05) is 20.8 Å². The van der Waals surface area contributed by atoms with Crippen LogP contribution in [-0.2, 0) is 9.47 Å². The first-order chi connectivity index (χ1) is 9.63. The lowest BCUT2D eigenvalue weighted by molar-refractivity contribution is 0.0198. The van der Waals surface area contributed by atoms with Crippen LogP contribution >= 0.6 is 0 Å². The maximum Gasteiger partial charge on any atom is 0.407 e. The van der Waals surface area contributed by atoms with Crippen LogP contribution in [0.2, 0.25) is 0 Å². The molecule has 0 radical (unpaired) electrons. The smallest absolute Gasteiger partial charge is 0.407 e. The average Bonchev–Trinajstić information content (AvgIpc) is 2.79. The van der Waals surface area contributed by atoms with Gasteiger partial charge in [-0.05, 0) is 53.4 Å². The SMILES string of the molecule is COC(C)(C)CNC1CCCC1CNC(=O)OC(C)(C)C. The van der Waals surface area contributed by atoms with Gasteiger partial charge in [-0.2, -0.15) is 0 Å². The molecule has 1 aliphatic rings. The third-order valence-electron chi connectivity index (χ3n) is 3.91. The van der Waals surface area contributed by atoms with Crippen molar-refractivity contribution in [2.45, 2.75) is 71.1 Å². The van der Waals surface area contributed by atoms with Crippen molar-refractivity contribution in [3.8, 4) is 0 Å². The second kappa shape index (κ2) is 7.45. The monoisotopic (exact) mass is 300 g/mol. The van der Waals surface area contributed by atoms with Crippen LogP contribution in [-0.4, -0.2) is 43.5 Å². The molecule has 5 heteroatoms. The predicted molar refractivity (Wildman–Crippen MR) is 84.5 cm³/mol. The lowest BCUT2D eigenvalue weighted by atomic mass is 10.0. The van der Waals surface area contributed by atoms with Crippen LogP contribution in [0.15, 0.2) is 0 Å². The van der Waals surface area contributed by atoms with Crippen LogP contribution in [0.25, 0.3) is 0 Å². The molecule has 1 rings (SSSR count). The molecule has 21 heavy (non-hydrogen) atoms. The topological polar surface area (TPSA) is 59.6 Å². The second-order valence-corrected chi connectivity index (χ2v) is 7.52. The Hall–Kier alpha value is -0.810. The summed E-state index contributed by atoms with van der Waals surface area (Å²) >= 11 is 0. The minimum absolute atomic E-state index is 0.161. The Kier molecular flexibility index (Phi) is 6.47. The summed E-state index contributed by atoms with van der Waals surface area (Å²) in [7, 11) is 1.73. The summed E-state index contributed by atoms with van der Waals surface area (Å²) in [6.07, 6.45) is 3.16. The van der Waals surface area contributed by atoms with E-state index in [1.54, 1.807) is 7.11 Å². The zero-order chi connectivity index (χ0) is 16.1. The van der Waals surface area contributed by atoms with Gasteiger partial charge in [0.15, 0.2) is 0 Å². The number of ether oxygens (including phenoxy) is 2. The van der Waals surface area contributed by atoms with Gasteiger partial charge in [0.25, 0.3) is 0 Å². The first-order valence-corrected chi connectivity index (χ1v) is 7.88. The molecule has 0 aromatic carbocycles. The number of rotatable bonds is 6. The maximum absolute atomic E-state index is 11.7. The summed E-state index contributed by atoms with van der Waals surface area (Å²) in [5.74, 6) is 0.463. The van der Waals surface area contributed by atoms with Crippen molar-refractivity contribution in [1.82, 2.24) is 10.6 Å². The van der Waals surface area contributed by atoms with Crippen molar-refractivity contribution >= 4 is 6.09 Å². The summed E-state index contributed by atoms with van der Waals surface area (Å²) in [6.45, 7) is 11.3. The van der Waals surface area contributed by atoms with Crippen molar-refractivity contribution in [1.29, 1.82) is 0 Å². The molecular formula is C16H32N2O3. The number of nitrogens with one attached hydrogen (secondary N) is 2. The molecular weight excluding hydrogens is 268 g/mol. The normalized spacial score (nSPS) is 23.1. The second-order valence-electron chi connectivity index (χ2n) is 7.52. The van der Waals surface area contributed by atoms with E-state index in [4.69, 9.17) is 9.47 Å². The third-order valence-corrected chi connectivity index (χ3v) is 3.91. The number of hydrogen-bond donors (Lipinski definition) is 2. The molecule has 0 heterocycles. The van der Waals surface area contributed by atoms with Crippen molar-refractivity contribution in [2.75, 3.05) is 20.2 Å². The fourth-order valence-electron chi connectivity index (χ4n) is 2.53. The molecule has 5 nitrogen and oxygen atoms in total. The van der Waals surface area contributed by atoms with Gasteiger partial charge in [0.1, 0.15) is 5.60 Å². The van der Waals surface area contributed by atoms with Crippen molar-refractivity contribution in [3.05, 3.63) is 0 Å². The van der Waals surface area contributed by atoms with Gasteiger partial charge in [-0.25, -0.2) is 4.79 Å². The van der Waals surface area contributed by atoms with E-state index in [0.29, 0.717) is 18.5 Å². The van der Waals surface area contributed by atoms with Crippen LogP contribution in [0.3, 0.4) is 0 Å². The highest BCUT2D eigenvalue weighted by Gasteiger charge is 2.29. The summed E-state index contributed by atoms with van der Waals surface area (Å²) in [5.41, 5.74) is -0.606. The molecule has 2 atom stereocenters. The predicted octanol–water partition coefficient (Wildman–Crippen LogP) is 2.69. The van der Waals surface area contributed by atoms with Gasteiger partial charge in [0.05, 0.1) is 5.60 Å². The number of hydrogen-bond acceptors (Lipinski definition) is 4. The Labute approximate surface area is 129 Å². The molecule has 0 bridgehead atoms. The van der Waals surface area contributed by atoms with E-state index in [9.17, 15) is 4.79 Å². The molecule has 2 N–H and O–H groups in total. The molecule has 0 aliphatic heterocycles. The van der Waals surface area contributed by atoms with Crippen molar-refractivity contribution < 1.29 is 14.3 Å². The first kappa shape index (κ1) is 18.2. The number of carbonyl (C=O) groups is 1. The molecule has 124 valence electrons. The van der Waals surface area contributed by atoms with Gasteiger partial charge in [0, 0.05) is 26.2 Å². The Balaban J connectivity index is 2.35. The van der Waals surface area contributed by atoms with Crippen LogP contribution in [0.1, 0.15) is 53.9 Å². The van der Waals surface area contributed by atoms with E-state index >= 15 is 0 Å². The summed E-state index contributed by atoms with van der Waals surface area (Å²) in [5, 5.41) is 6.47. The molecule has 1 aliphatic carbocycles. The lowest BCUT2D eigenvalue weighted by Crippen LogP contribution is -2.46. The van der Waals surface area contributed by atoms with Gasteiger partial charge in [-0.15, -0.1) is 0 Å². The fourth-order valence-corrected chi connectivity index (χ4v) is 2.53. The van der Waals surface area contributed by atoms with Crippen LogP contribution in [0, 0.1) is 5.92 Å². The number of carbonyl (C=O) groups excluding carboxylic acids is 1. The minimum Gasteiger partial charge on any atom is -0.444 e. The summed E-state index contributed by atoms with van der Waals surface area (Å²) < 4.78 is 10.7. The Morgan fingerprint density at radius 2 is 1.86 bits per heavy atom. The lowest BCUT2D eigenvalue weighted by Gasteiger charge is -2.28. The Morgan fingerprint density at radius 3 is 2.43 bits per heavy atom. The molecule has 0 aromatic rings. The summed E-state index contributed by atoms with van der Waals surface area (Å²) in [6, 6.07) is 0.439. The van der Waals surface area contributed by atoms with Crippen molar-refractivity contribution in [2.24, 2.45) is 5.92 Å². The van der Waals surface area contributed by atoms with Crippen molar-refractivity contribution in [3.63, 3.8) is 0 Å².